The Kier molecular flexibility index (Phi) is 2.56. The van der Waals surface area contributed by atoms with Crippen LogP contribution in [0, 0.1) is 6.92 Å². The Morgan fingerprint density at radius 3 is 2.72 bits per heavy atom. The Labute approximate surface area is 108 Å². The molecule has 0 aliphatic rings. The molecule has 0 bridgehead atoms. The molecule has 0 saturated heterocycles. The quantitative estimate of drug-likeness (QED) is 0.764. The molecule has 0 aliphatic heterocycles. The molecule has 3 aromatic heterocycles. The minimum Gasteiger partial charge on any atom is -0.368 e. The molecule has 18 heavy (non-hydrogen) atoms. The molecule has 3 aromatic rings. The molecular formula is C12H11N5S. The summed E-state index contributed by atoms with van der Waals surface area (Å²) in [6.07, 6.45) is 5.60. The molecule has 0 spiro atoms. The van der Waals surface area contributed by atoms with Crippen molar-refractivity contribution >= 4 is 17.3 Å². The van der Waals surface area contributed by atoms with Gasteiger partial charge in [0.2, 0.25) is 5.95 Å². The van der Waals surface area contributed by atoms with Gasteiger partial charge in [-0.3, -0.25) is 0 Å². The largest absolute Gasteiger partial charge is 0.368 e. The fourth-order valence-corrected chi connectivity index (χ4v) is 2.70. The van der Waals surface area contributed by atoms with Crippen LogP contribution in [-0.2, 0) is 0 Å². The number of nitrogens with zero attached hydrogens (tertiary/aromatic N) is 4. The van der Waals surface area contributed by atoms with Gasteiger partial charge in [-0.15, -0.1) is 0 Å². The van der Waals surface area contributed by atoms with Crippen molar-refractivity contribution in [3.05, 3.63) is 42.5 Å². The van der Waals surface area contributed by atoms with Crippen LogP contribution in [0.2, 0.25) is 0 Å². The maximum Gasteiger partial charge on any atom is 0.220 e. The minimum absolute atomic E-state index is 0.280. The molecule has 6 heteroatoms. The summed E-state index contributed by atoms with van der Waals surface area (Å²) in [5.41, 5.74) is 7.37. The molecular weight excluding hydrogens is 246 g/mol. The third-order valence-electron chi connectivity index (χ3n) is 2.52. The maximum atomic E-state index is 5.60. The minimum atomic E-state index is 0.280. The van der Waals surface area contributed by atoms with Gasteiger partial charge in [0.05, 0.1) is 16.3 Å². The maximum absolute atomic E-state index is 5.60. The number of hydrogen-bond acceptors (Lipinski definition) is 5. The molecule has 0 fully saturated rings. The van der Waals surface area contributed by atoms with E-state index in [4.69, 9.17) is 5.73 Å². The number of aryl methyl sites for hydroxylation is 1. The number of hydrogen-bond donors (Lipinski definition) is 1. The van der Waals surface area contributed by atoms with Crippen LogP contribution in [0.4, 0.5) is 5.95 Å². The second-order valence-electron chi connectivity index (χ2n) is 3.80. The zero-order valence-corrected chi connectivity index (χ0v) is 10.6. The highest BCUT2D eigenvalue weighted by molar-refractivity contribution is 7.17. The first-order valence-corrected chi connectivity index (χ1v) is 6.25. The normalized spacial score (nSPS) is 10.7. The fraction of sp³-hybridized carbons (Fsp3) is 0.0833. The van der Waals surface area contributed by atoms with Gasteiger partial charge >= 0.3 is 0 Å². The van der Waals surface area contributed by atoms with E-state index in [1.165, 1.54) is 0 Å². The van der Waals surface area contributed by atoms with E-state index in [1.54, 1.807) is 17.5 Å². The topological polar surface area (TPSA) is 69.6 Å². The average Bonchev–Trinajstić information content (AvgIpc) is 2.97. The van der Waals surface area contributed by atoms with Crippen molar-refractivity contribution in [2.24, 2.45) is 0 Å². The Hall–Kier alpha value is -2.21. The van der Waals surface area contributed by atoms with Crippen LogP contribution in [0.1, 0.15) is 5.69 Å². The smallest absolute Gasteiger partial charge is 0.220 e. The highest BCUT2D eigenvalue weighted by Crippen LogP contribution is 2.30. The number of anilines is 1. The van der Waals surface area contributed by atoms with Crippen molar-refractivity contribution in [1.29, 1.82) is 0 Å². The first kappa shape index (κ1) is 10.9. The van der Waals surface area contributed by atoms with Crippen LogP contribution in [0.15, 0.2) is 36.8 Å². The third kappa shape index (κ3) is 1.86. The Bertz CT molecular complexity index is 672. The summed E-state index contributed by atoms with van der Waals surface area (Å²) in [6, 6.07) is 5.79. The van der Waals surface area contributed by atoms with Gasteiger partial charge < -0.3 is 10.3 Å². The molecule has 0 saturated carbocycles. The number of nitrogens with two attached hydrogens (primary N) is 1. The zero-order valence-electron chi connectivity index (χ0n) is 9.74. The molecule has 0 aliphatic carbocycles. The summed E-state index contributed by atoms with van der Waals surface area (Å²) >= 11 is 1.59. The van der Waals surface area contributed by atoms with Crippen molar-refractivity contribution in [1.82, 2.24) is 19.5 Å². The second kappa shape index (κ2) is 4.23. The third-order valence-corrected chi connectivity index (χ3v) is 3.71. The first-order valence-electron chi connectivity index (χ1n) is 5.44. The lowest BCUT2D eigenvalue weighted by molar-refractivity contribution is 1.03. The monoisotopic (exact) mass is 257 g/mol. The lowest BCUT2D eigenvalue weighted by Gasteiger charge is -1.97. The van der Waals surface area contributed by atoms with Gasteiger partial charge in [-0.1, -0.05) is 11.3 Å². The summed E-state index contributed by atoms with van der Waals surface area (Å²) in [5.74, 6) is 0.280. The molecule has 90 valence electrons. The van der Waals surface area contributed by atoms with Crippen molar-refractivity contribution in [3.8, 4) is 15.7 Å². The summed E-state index contributed by atoms with van der Waals surface area (Å²) in [6.45, 7) is 1.97. The molecule has 0 unspecified atom stereocenters. The van der Waals surface area contributed by atoms with E-state index in [0.717, 1.165) is 21.4 Å². The van der Waals surface area contributed by atoms with E-state index in [9.17, 15) is 0 Å². The Morgan fingerprint density at radius 2 is 2.00 bits per heavy atom. The van der Waals surface area contributed by atoms with E-state index >= 15 is 0 Å². The van der Waals surface area contributed by atoms with Crippen molar-refractivity contribution < 1.29 is 0 Å². The number of rotatable bonds is 2. The van der Waals surface area contributed by atoms with E-state index in [-0.39, 0.29) is 5.95 Å². The van der Waals surface area contributed by atoms with E-state index in [2.05, 4.69) is 15.0 Å². The fourth-order valence-electron chi connectivity index (χ4n) is 1.69. The molecule has 0 radical (unpaired) electrons. The van der Waals surface area contributed by atoms with Gasteiger partial charge in [0.25, 0.3) is 0 Å². The average molecular weight is 257 g/mol. The van der Waals surface area contributed by atoms with Crippen LogP contribution in [-0.4, -0.2) is 19.5 Å². The summed E-state index contributed by atoms with van der Waals surface area (Å²) < 4.78 is 1.98. The van der Waals surface area contributed by atoms with E-state index in [1.807, 2.05) is 42.1 Å². The molecule has 0 amide bonds. The van der Waals surface area contributed by atoms with Gasteiger partial charge in [-0.25, -0.2) is 15.0 Å². The molecule has 2 N–H and O–H groups in total. The van der Waals surface area contributed by atoms with Gasteiger partial charge in [-0.2, -0.15) is 0 Å². The van der Waals surface area contributed by atoms with Gasteiger partial charge in [0, 0.05) is 18.6 Å². The van der Waals surface area contributed by atoms with Gasteiger partial charge in [0.1, 0.15) is 0 Å². The second-order valence-corrected chi connectivity index (χ2v) is 4.78. The van der Waals surface area contributed by atoms with E-state index < -0.39 is 0 Å². The zero-order chi connectivity index (χ0) is 12.5. The van der Waals surface area contributed by atoms with Gasteiger partial charge in [0.15, 0.2) is 5.13 Å². The highest BCUT2D eigenvalue weighted by Gasteiger charge is 2.12. The van der Waals surface area contributed by atoms with Crippen LogP contribution in [0.5, 0.6) is 0 Å². The number of nitrogen functional groups attached to an aromatic ring is 1. The molecule has 3 rings (SSSR count). The standard InChI is InChI=1S/C12H11N5S/c1-8-10(9-4-5-14-11(13)16-9)18-12(15-8)17-6-2-3-7-17/h2-7H,1H3,(H2,13,14,16). The highest BCUT2D eigenvalue weighted by atomic mass is 32.1. The van der Waals surface area contributed by atoms with Crippen LogP contribution in [0.3, 0.4) is 0 Å². The molecule has 0 atom stereocenters. The predicted molar refractivity (Wildman–Crippen MR) is 71.6 cm³/mol. The summed E-state index contributed by atoms with van der Waals surface area (Å²) in [4.78, 5) is 13.7. The molecule has 3 heterocycles. The number of aromatic nitrogens is 4. The molecule has 5 nitrogen and oxygen atoms in total. The van der Waals surface area contributed by atoms with Crippen LogP contribution < -0.4 is 5.73 Å². The Morgan fingerprint density at radius 1 is 1.22 bits per heavy atom. The molecule has 0 aromatic carbocycles. The first-order chi connectivity index (χ1) is 8.74. The van der Waals surface area contributed by atoms with Crippen molar-refractivity contribution in [2.75, 3.05) is 5.73 Å². The summed E-state index contributed by atoms with van der Waals surface area (Å²) in [5, 5.41) is 0.921. The van der Waals surface area contributed by atoms with E-state index in [0.29, 0.717) is 0 Å². The van der Waals surface area contributed by atoms with Gasteiger partial charge in [-0.05, 0) is 25.1 Å². The van der Waals surface area contributed by atoms with Crippen molar-refractivity contribution in [2.45, 2.75) is 6.92 Å². The van der Waals surface area contributed by atoms with Crippen LogP contribution in [0.25, 0.3) is 15.7 Å². The van der Waals surface area contributed by atoms with Crippen LogP contribution >= 0.6 is 11.3 Å². The SMILES string of the molecule is Cc1nc(-n2cccc2)sc1-c1ccnc(N)n1. The van der Waals surface area contributed by atoms with Crippen molar-refractivity contribution in [3.63, 3.8) is 0 Å². The number of thiazole rings is 1. The lowest BCUT2D eigenvalue weighted by Crippen LogP contribution is -1.94. The predicted octanol–water partition coefficient (Wildman–Crippen LogP) is 2.28. The lowest BCUT2D eigenvalue weighted by atomic mass is 10.3. The summed E-state index contributed by atoms with van der Waals surface area (Å²) in [7, 11) is 0. The Balaban J connectivity index is 2.09.